The predicted molar refractivity (Wildman–Crippen MR) is 77.2 cm³/mol. The number of rotatable bonds is 3. The zero-order valence-electron chi connectivity index (χ0n) is 11.8. The van der Waals surface area contributed by atoms with Gasteiger partial charge in [-0.25, -0.2) is 0 Å². The van der Waals surface area contributed by atoms with Gasteiger partial charge in [0.05, 0.1) is 24.8 Å². The lowest BCUT2D eigenvalue weighted by Gasteiger charge is -2.32. The third kappa shape index (κ3) is 3.18. The second-order valence-corrected chi connectivity index (χ2v) is 5.64. The summed E-state index contributed by atoms with van der Waals surface area (Å²) >= 11 is 0. The Labute approximate surface area is 120 Å². The molecule has 20 heavy (non-hydrogen) atoms. The van der Waals surface area contributed by atoms with Crippen molar-refractivity contribution in [2.75, 3.05) is 39.4 Å². The standard InChI is InChI=1S/C16H21N3O/c17-11-14-2-1-3-15(10-14)12-18-5-4-16(13-18)19-6-8-20-9-7-19/h1-3,10,16H,4-9,12-13H2. The van der Waals surface area contributed by atoms with E-state index in [0.29, 0.717) is 6.04 Å². The smallest absolute Gasteiger partial charge is 0.0991 e. The molecule has 1 atom stereocenters. The summed E-state index contributed by atoms with van der Waals surface area (Å²) in [7, 11) is 0. The predicted octanol–water partition coefficient (Wildman–Crippen LogP) is 1.46. The molecular formula is C16H21N3O. The Hall–Kier alpha value is -1.41. The number of likely N-dealkylation sites (tertiary alicyclic amines) is 1. The zero-order chi connectivity index (χ0) is 13.8. The summed E-state index contributed by atoms with van der Waals surface area (Å²) < 4.78 is 5.42. The monoisotopic (exact) mass is 271 g/mol. The molecule has 106 valence electrons. The van der Waals surface area contributed by atoms with E-state index in [9.17, 15) is 0 Å². The van der Waals surface area contributed by atoms with Crippen molar-refractivity contribution in [1.29, 1.82) is 5.26 Å². The van der Waals surface area contributed by atoms with E-state index in [4.69, 9.17) is 10.00 Å². The first-order valence-corrected chi connectivity index (χ1v) is 7.38. The summed E-state index contributed by atoms with van der Waals surface area (Å²) in [5.41, 5.74) is 2.00. The Morgan fingerprint density at radius 2 is 2.10 bits per heavy atom. The Morgan fingerprint density at radius 1 is 1.25 bits per heavy atom. The topological polar surface area (TPSA) is 39.5 Å². The molecule has 1 unspecified atom stereocenters. The van der Waals surface area contributed by atoms with Crippen LogP contribution < -0.4 is 0 Å². The van der Waals surface area contributed by atoms with E-state index in [1.54, 1.807) is 0 Å². The number of morpholine rings is 1. The van der Waals surface area contributed by atoms with Gasteiger partial charge in [0, 0.05) is 38.8 Å². The van der Waals surface area contributed by atoms with E-state index in [-0.39, 0.29) is 0 Å². The maximum Gasteiger partial charge on any atom is 0.0991 e. The Bertz CT molecular complexity index is 491. The quantitative estimate of drug-likeness (QED) is 0.834. The summed E-state index contributed by atoms with van der Waals surface area (Å²) in [4.78, 5) is 5.06. The van der Waals surface area contributed by atoms with Crippen molar-refractivity contribution >= 4 is 0 Å². The summed E-state index contributed by atoms with van der Waals surface area (Å²) in [6.45, 7) is 7.14. The van der Waals surface area contributed by atoms with Gasteiger partial charge >= 0.3 is 0 Å². The maximum atomic E-state index is 8.95. The van der Waals surface area contributed by atoms with Crippen LogP contribution in [0.3, 0.4) is 0 Å². The van der Waals surface area contributed by atoms with Crippen molar-refractivity contribution in [2.24, 2.45) is 0 Å². The molecule has 0 aromatic heterocycles. The van der Waals surface area contributed by atoms with Gasteiger partial charge in [-0.2, -0.15) is 5.26 Å². The molecule has 0 spiro atoms. The summed E-state index contributed by atoms with van der Waals surface area (Å²) in [6.07, 6.45) is 1.25. The highest BCUT2D eigenvalue weighted by Crippen LogP contribution is 2.19. The van der Waals surface area contributed by atoms with Gasteiger partial charge in [0.1, 0.15) is 0 Å². The molecule has 0 amide bonds. The second-order valence-electron chi connectivity index (χ2n) is 5.64. The molecule has 4 heteroatoms. The molecule has 3 rings (SSSR count). The van der Waals surface area contributed by atoms with Crippen LogP contribution in [0.1, 0.15) is 17.5 Å². The molecule has 2 saturated heterocycles. The lowest BCUT2D eigenvalue weighted by Crippen LogP contribution is -2.44. The second kappa shape index (κ2) is 6.36. The van der Waals surface area contributed by atoms with Gasteiger partial charge < -0.3 is 4.74 Å². The van der Waals surface area contributed by atoms with E-state index in [0.717, 1.165) is 51.5 Å². The number of hydrogen-bond donors (Lipinski definition) is 0. The van der Waals surface area contributed by atoms with Crippen molar-refractivity contribution in [1.82, 2.24) is 9.80 Å². The van der Waals surface area contributed by atoms with Gasteiger partial charge in [-0.3, -0.25) is 9.80 Å². The minimum absolute atomic E-state index is 0.679. The molecular weight excluding hydrogens is 250 g/mol. The van der Waals surface area contributed by atoms with Crippen LogP contribution in [0.15, 0.2) is 24.3 Å². The molecule has 1 aromatic carbocycles. The zero-order valence-corrected chi connectivity index (χ0v) is 11.8. The number of nitriles is 1. The number of hydrogen-bond acceptors (Lipinski definition) is 4. The lowest BCUT2D eigenvalue weighted by molar-refractivity contribution is 0.0184. The van der Waals surface area contributed by atoms with Crippen LogP contribution in [-0.4, -0.2) is 55.2 Å². The summed E-state index contributed by atoms with van der Waals surface area (Å²) in [5.74, 6) is 0. The Balaban J connectivity index is 1.55. The van der Waals surface area contributed by atoms with Gasteiger partial charge in [-0.1, -0.05) is 12.1 Å². The average molecular weight is 271 g/mol. The Kier molecular flexibility index (Phi) is 4.31. The minimum atomic E-state index is 0.679. The fourth-order valence-electron chi connectivity index (χ4n) is 3.19. The number of nitrogens with zero attached hydrogens (tertiary/aromatic N) is 3. The van der Waals surface area contributed by atoms with Gasteiger partial charge in [-0.15, -0.1) is 0 Å². The lowest BCUT2D eigenvalue weighted by atomic mass is 10.1. The van der Waals surface area contributed by atoms with Crippen molar-refractivity contribution in [3.8, 4) is 6.07 Å². The molecule has 2 aliphatic heterocycles. The SMILES string of the molecule is N#Cc1cccc(CN2CCC(N3CCOCC3)C2)c1. The highest BCUT2D eigenvalue weighted by Gasteiger charge is 2.28. The van der Waals surface area contributed by atoms with Crippen molar-refractivity contribution in [3.63, 3.8) is 0 Å². The van der Waals surface area contributed by atoms with Crippen LogP contribution in [0.4, 0.5) is 0 Å². The Morgan fingerprint density at radius 3 is 2.90 bits per heavy atom. The van der Waals surface area contributed by atoms with Crippen LogP contribution in [0, 0.1) is 11.3 Å². The third-order valence-corrected chi connectivity index (χ3v) is 4.27. The van der Waals surface area contributed by atoms with Crippen molar-refractivity contribution in [3.05, 3.63) is 35.4 Å². The highest BCUT2D eigenvalue weighted by atomic mass is 16.5. The molecule has 0 aliphatic carbocycles. The molecule has 1 aromatic rings. The molecule has 2 aliphatic rings. The van der Waals surface area contributed by atoms with E-state index in [1.807, 2.05) is 18.2 Å². The minimum Gasteiger partial charge on any atom is -0.379 e. The van der Waals surface area contributed by atoms with Crippen LogP contribution in [0.25, 0.3) is 0 Å². The van der Waals surface area contributed by atoms with Crippen LogP contribution in [0.2, 0.25) is 0 Å². The first-order chi connectivity index (χ1) is 9.85. The van der Waals surface area contributed by atoms with Crippen LogP contribution in [-0.2, 0) is 11.3 Å². The fraction of sp³-hybridized carbons (Fsp3) is 0.562. The van der Waals surface area contributed by atoms with Gasteiger partial charge in [0.25, 0.3) is 0 Å². The first-order valence-electron chi connectivity index (χ1n) is 7.38. The van der Waals surface area contributed by atoms with E-state index in [2.05, 4.69) is 21.9 Å². The molecule has 0 radical (unpaired) electrons. The molecule has 0 N–H and O–H groups in total. The average Bonchev–Trinajstić information content (AvgIpc) is 2.97. The van der Waals surface area contributed by atoms with E-state index in [1.165, 1.54) is 12.0 Å². The number of ether oxygens (including phenoxy) is 1. The summed E-state index contributed by atoms with van der Waals surface area (Å²) in [6, 6.07) is 10.8. The third-order valence-electron chi connectivity index (χ3n) is 4.27. The van der Waals surface area contributed by atoms with Gasteiger partial charge in [0.15, 0.2) is 0 Å². The van der Waals surface area contributed by atoms with Gasteiger partial charge in [0.2, 0.25) is 0 Å². The molecule has 2 fully saturated rings. The van der Waals surface area contributed by atoms with Crippen molar-refractivity contribution in [2.45, 2.75) is 19.0 Å². The normalized spacial score (nSPS) is 24.6. The maximum absolute atomic E-state index is 8.95. The highest BCUT2D eigenvalue weighted by molar-refractivity contribution is 5.32. The molecule has 0 saturated carbocycles. The first kappa shape index (κ1) is 13.6. The molecule has 4 nitrogen and oxygen atoms in total. The molecule has 2 heterocycles. The van der Waals surface area contributed by atoms with Gasteiger partial charge in [-0.05, 0) is 24.1 Å². The van der Waals surface area contributed by atoms with Crippen LogP contribution >= 0.6 is 0 Å². The van der Waals surface area contributed by atoms with E-state index >= 15 is 0 Å². The summed E-state index contributed by atoms with van der Waals surface area (Å²) in [5, 5.41) is 8.95. The largest absolute Gasteiger partial charge is 0.379 e. The number of benzene rings is 1. The van der Waals surface area contributed by atoms with Crippen LogP contribution in [0.5, 0.6) is 0 Å². The molecule has 0 bridgehead atoms. The fourth-order valence-corrected chi connectivity index (χ4v) is 3.19. The van der Waals surface area contributed by atoms with Crippen molar-refractivity contribution < 1.29 is 4.74 Å². The van der Waals surface area contributed by atoms with E-state index < -0.39 is 0 Å².